The van der Waals surface area contributed by atoms with Gasteiger partial charge in [-0.2, -0.15) is 5.10 Å². The number of aromatic nitrogens is 4. The first-order chi connectivity index (χ1) is 17.6. The molecule has 11 heteroatoms. The molecule has 2 aromatic heterocycles. The second-order valence-corrected chi connectivity index (χ2v) is 8.66. The van der Waals surface area contributed by atoms with Crippen LogP contribution in [0.3, 0.4) is 0 Å². The number of hydrogen-bond donors (Lipinski definition) is 1. The maximum atomic E-state index is 12.5. The van der Waals surface area contributed by atoms with Gasteiger partial charge in [-0.25, -0.2) is 5.43 Å². The van der Waals surface area contributed by atoms with E-state index in [1.54, 1.807) is 50.0 Å². The zero-order valence-corrected chi connectivity index (χ0v) is 21.2. The number of ether oxygens (including phenoxy) is 2. The van der Waals surface area contributed by atoms with Crippen molar-refractivity contribution >= 4 is 35.5 Å². The summed E-state index contributed by atoms with van der Waals surface area (Å²) in [6.45, 7) is 2.44. The van der Waals surface area contributed by atoms with E-state index < -0.39 is 0 Å². The number of hydrogen-bond acceptors (Lipinski definition) is 8. The molecule has 1 N–H and O–H groups in total. The molecule has 9 nitrogen and oxygen atoms in total. The zero-order chi connectivity index (χ0) is 25.3. The fourth-order valence-corrected chi connectivity index (χ4v) is 4.12. The molecule has 2 aromatic carbocycles. The highest BCUT2D eigenvalue weighted by atomic mass is 35.5. The monoisotopic (exact) mass is 522 g/mol. The predicted molar refractivity (Wildman–Crippen MR) is 140 cm³/mol. The number of hydrazone groups is 1. The van der Waals surface area contributed by atoms with E-state index in [0.29, 0.717) is 34.1 Å². The van der Waals surface area contributed by atoms with Crippen molar-refractivity contribution in [2.45, 2.75) is 12.1 Å². The van der Waals surface area contributed by atoms with Crippen LogP contribution in [0.4, 0.5) is 0 Å². The Labute approximate surface area is 217 Å². The molecule has 0 atom stereocenters. The van der Waals surface area contributed by atoms with E-state index in [1.165, 1.54) is 11.8 Å². The maximum absolute atomic E-state index is 12.5. The number of nitrogens with one attached hydrogen (secondary N) is 1. The lowest BCUT2D eigenvalue weighted by molar-refractivity contribution is -0.118. The van der Waals surface area contributed by atoms with E-state index in [-0.39, 0.29) is 11.7 Å². The molecular formula is C25H23ClN6O3S. The lowest BCUT2D eigenvalue weighted by atomic mass is 10.2. The van der Waals surface area contributed by atoms with Crippen LogP contribution in [0, 0.1) is 0 Å². The number of pyridine rings is 1. The van der Waals surface area contributed by atoms with Gasteiger partial charge in [0.2, 0.25) is 0 Å². The predicted octanol–water partition coefficient (Wildman–Crippen LogP) is 4.63. The quantitative estimate of drug-likeness (QED) is 0.184. The van der Waals surface area contributed by atoms with Crippen LogP contribution in [0.5, 0.6) is 11.5 Å². The highest BCUT2D eigenvalue weighted by molar-refractivity contribution is 7.99. The van der Waals surface area contributed by atoms with Gasteiger partial charge in [-0.05, 0) is 67.1 Å². The van der Waals surface area contributed by atoms with Gasteiger partial charge in [-0.1, -0.05) is 23.4 Å². The number of benzene rings is 2. The Morgan fingerprint density at radius 1 is 1.11 bits per heavy atom. The molecule has 0 spiro atoms. The highest BCUT2D eigenvalue weighted by Crippen LogP contribution is 2.29. The Morgan fingerprint density at radius 2 is 1.89 bits per heavy atom. The molecule has 0 aliphatic heterocycles. The highest BCUT2D eigenvalue weighted by Gasteiger charge is 2.17. The van der Waals surface area contributed by atoms with Crippen LogP contribution in [-0.2, 0) is 4.79 Å². The van der Waals surface area contributed by atoms with E-state index in [1.807, 2.05) is 41.8 Å². The van der Waals surface area contributed by atoms with Crippen molar-refractivity contribution in [3.63, 3.8) is 0 Å². The summed E-state index contributed by atoms with van der Waals surface area (Å²) in [5.74, 6) is 1.67. The van der Waals surface area contributed by atoms with Gasteiger partial charge in [-0.15, -0.1) is 10.2 Å². The van der Waals surface area contributed by atoms with E-state index >= 15 is 0 Å². The van der Waals surface area contributed by atoms with E-state index in [2.05, 4.69) is 25.7 Å². The molecule has 0 aliphatic carbocycles. The summed E-state index contributed by atoms with van der Waals surface area (Å²) >= 11 is 7.32. The molecule has 4 aromatic rings. The standard InChI is InChI=1S/C25H23ClN6O3S/c1-3-35-21-9-4-17(14-22(21)34-2)15-28-29-23(33)16-36-25-31-30-24(18-10-12-27-13-11-18)32(25)20-7-5-19(26)6-8-20/h4-15H,3,16H2,1-2H3,(H,29,33). The number of nitrogens with zero attached hydrogens (tertiary/aromatic N) is 5. The summed E-state index contributed by atoms with van der Waals surface area (Å²) < 4.78 is 12.7. The summed E-state index contributed by atoms with van der Waals surface area (Å²) in [6.07, 6.45) is 4.92. The Morgan fingerprint density at radius 3 is 2.61 bits per heavy atom. The first kappa shape index (κ1) is 25.2. The molecule has 0 fully saturated rings. The summed E-state index contributed by atoms with van der Waals surface area (Å²) in [7, 11) is 1.57. The first-order valence-corrected chi connectivity index (χ1v) is 12.3. The normalized spacial score (nSPS) is 11.0. The SMILES string of the molecule is CCOc1ccc(C=NNC(=O)CSc2nnc(-c3ccncc3)n2-c2ccc(Cl)cc2)cc1OC. The Bertz CT molecular complexity index is 1350. The van der Waals surface area contributed by atoms with Crippen molar-refractivity contribution in [1.82, 2.24) is 25.2 Å². The van der Waals surface area contributed by atoms with Gasteiger partial charge >= 0.3 is 0 Å². The van der Waals surface area contributed by atoms with Crippen LogP contribution in [0.2, 0.25) is 5.02 Å². The average molecular weight is 523 g/mol. The minimum atomic E-state index is -0.287. The van der Waals surface area contributed by atoms with Crippen LogP contribution < -0.4 is 14.9 Å². The third-order valence-electron chi connectivity index (χ3n) is 4.88. The lowest BCUT2D eigenvalue weighted by Crippen LogP contribution is -2.20. The van der Waals surface area contributed by atoms with Crippen LogP contribution in [0.25, 0.3) is 17.1 Å². The van der Waals surface area contributed by atoms with Gasteiger partial charge < -0.3 is 9.47 Å². The molecule has 2 heterocycles. The molecule has 0 saturated heterocycles. The maximum Gasteiger partial charge on any atom is 0.250 e. The fourth-order valence-electron chi connectivity index (χ4n) is 3.25. The largest absolute Gasteiger partial charge is 0.493 e. The number of methoxy groups -OCH3 is 1. The topological polar surface area (TPSA) is 104 Å². The third kappa shape index (κ3) is 6.21. The number of thioether (sulfide) groups is 1. The molecule has 1 amide bonds. The minimum absolute atomic E-state index is 0.0893. The molecule has 184 valence electrons. The molecular weight excluding hydrogens is 500 g/mol. The molecule has 0 saturated carbocycles. The number of halogens is 1. The van der Waals surface area contributed by atoms with Gasteiger partial charge in [0, 0.05) is 28.7 Å². The number of carbonyl (C=O) groups excluding carboxylic acids is 1. The Kier molecular flexibility index (Phi) is 8.53. The third-order valence-corrected chi connectivity index (χ3v) is 6.06. The van der Waals surface area contributed by atoms with Crippen molar-refractivity contribution in [2.75, 3.05) is 19.5 Å². The Hall–Kier alpha value is -3.89. The minimum Gasteiger partial charge on any atom is -0.493 e. The number of amides is 1. The van der Waals surface area contributed by atoms with Crippen molar-refractivity contribution < 1.29 is 14.3 Å². The number of rotatable bonds is 10. The molecule has 0 unspecified atom stereocenters. The zero-order valence-electron chi connectivity index (χ0n) is 19.6. The van der Waals surface area contributed by atoms with Gasteiger partial charge in [0.15, 0.2) is 22.5 Å². The molecule has 0 radical (unpaired) electrons. The smallest absolute Gasteiger partial charge is 0.250 e. The van der Waals surface area contributed by atoms with Crippen LogP contribution in [-0.4, -0.2) is 51.3 Å². The van der Waals surface area contributed by atoms with E-state index in [9.17, 15) is 4.79 Å². The van der Waals surface area contributed by atoms with E-state index in [4.69, 9.17) is 21.1 Å². The summed E-state index contributed by atoms with van der Waals surface area (Å²) in [6, 6.07) is 16.4. The lowest BCUT2D eigenvalue weighted by Gasteiger charge is -2.10. The molecule has 4 rings (SSSR count). The van der Waals surface area contributed by atoms with Gasteiger partial charge in [-0.3, -0.25) is 14.3 Å². The van der Waals surface area contributed by atoms with Crippen LogP contribution in [0.1, 0.15) is 12.5 Å². The second kappa shape index (κ2) is 12.2. The van der Waals surface area contributed by atoms with Crippen molar-refractivity contribution in [1.29, 1.82) is 0 Å². The second-order valence-electron chi connectivity index (χ2n) is 7.28. The molecule has 0 aliphatic rings. The van der Waals surface area contributed by atoms with Gasteiger partial charge in [0.1, 0.15) is 0 Å². The average Bonchev–Trinajstić information content (AvgIpc) is 3.33. The fraction of sp³-hybridized carbons (Fsp3) is 0.160. The van der Waals surface area contributed by atoms with Crippen molar-refractivity contribution in [3.8, 4) is 28.6 Å². The molecule has 0 bridgehead atoms. The van der Waals surface area contributed by atoms with Crippen molar-refractivity contribution in [3.05, 3.63) is 77.6 Å². The Balaban J connectivity index is 1.45. The summed E-state index contributed by atoms with van der Waals surface area (Å²) in [5.41, 5.74) is 4.96. The summed E-state index contributed by atoms with van der Waals surface area (Å²) in [4.78, 5) is 16.5. The first-order valence-electron chi connectivity index (χ1n) is 11.0. The van der Waals surface area contributed by atoms with Crippen molar-refractivity contribution in [2.24, 2.45) is 5.10 Å². The van der Waals surface area contributed by atoms with Crippen LogP contribution >= 0.6 is 23.4 Å². The van der Waals surface area contributed by atoms with Gasteiger partial charge in [0.25, 0.3) is 5.91 Å². The molecule has 36 heavy (non-hydrogen) atoms. The number of carbonyl (C=O) groups is 1. The van der Waals surface area contributed by atoms with Gasteiger partial charge in [0.05, 0.1) is 25.7 Å². The van der Waals surface area contributed by atoms with E-state index in [0.717, 1.165) is 16.8 Å². The van der Waals surface area contributed by atoms with Crippen LogP contribution in [0.15, 0.2) is 77.2 Å². The summed E-state index contributed by atoms with van der Waals surface area (Å²) in [5, 5.41) is 13.9.